The van der Waals surface area contributed by atoms with E-state index in [9.17, 15) is 0 Å². The Kier molecular flexibility index (Phi) is 1.51. The maximum Gasteiger partial charge on any atom is 0.123 e. The van der Waals surface area contributed by atoms with Gasteiger partial charge in [-0.05, 0) is 11.6 Å². The summed E-state index contributed by atoms with van der Waals surface area (Å²) in [6.45, 7) is 1.65. The van der Waals surface area contributed by atoms with E-state index in [4.69, 9.17) is 10.5 Å². The first-order valence-electron chi connectivity index (χ1n) is 3.65. The summed E-state index contributed by atoms with van der Waals surface area (Å²) in [7, 11) is 0. The van der Waals surface area contributed by atoms with E-state index in [0.717, 1.165) is 13.2 Å². The van der Waals surface area contributed by atoms with Crippen molar-refractivity contribution in [1.82, 2.24) is 4.98 Å². The molecule has 0 amide bonds. The normalized spacial score (nSPS) is 17.8. The number of anilines is 1. The molecule has 0 aliphatic carbocycles. The molecule has 11 heavy (non-hydrogen) atoms. The van der Waals surface area contributed by atoms with Crippen molar-refractivity contribution in [2.75, 3.05) is 18.9 Å². The van der Waals surface area contributed by atoms with Gasteiger partial charge in [0, 0.05) is 12.1 Å². The minimum Gasteiger partial charge on any atom is -0.384 e. The van der Waals surface area contributed by atoms with Crippen LogP contribution in [0.2, 0.25) is 0 Å². The minimum atomic E-state index is 0.545. The number of hydrogen-bond acceptors (Lipinski definition) is 3. The highest BCUT2D eigenvalue weighted by Gasteiger charge is 2.20. The highest BCUT2D eigenvalue weighted by atomic mass is 16.5. The largest absolute Gasteiger partial charge is 0.384 e. The molecule has 1 fully saturated rings. The molecule has 1 aliphatic heterocycles. The summed E-state index contributed by atoms with van der Waals surface area (Å²) < 4.78 is 5.06. The predicted molar refractivity (Wildman–Crippen MR) is 42.2 cm³/mol. The van der Waals surface area contributed by atoms with Gasteiger partial charge in [0.05, 0.1) is 13.2 Å². The van der Waals surface area contributed by atoms with E-state index in [1.165, 1.54) is 5.56 Å². The summed E-state index contributed by atoms with van der Waals surface area (Å²) in [5, 5.41) is 0. The lowest BCUT2D eigenvalue weighted by molar-refractivity contribution is 0.00830. The molecule has 3 nitrogen and oxygen atoms in total. The first-order chi connectivity index (χ1) is 5.36. The number of pyridine rings is 1. The van der Waals surface area contributed by atoms with Crippen molar-refractivity contribution in [3.63, 3.8) is 0 Å². The van der Waals surface area contributed by atoms with Gasteiger partial charge >= 0.3 is 0 Å². The molecule has 2 N–H and O–H groups in total. The maximum absolute atomic E-state index is 5.44. The first kappa shape index (κ1) is 6.61. The molecule has 2 heterocycles. The van der Waals surface area contributed by atoms with Crippen LogP contribution >= 0.6 is 0 Å². The Labute approximate surface area is 65.2 Å². The van der Waals surface area contributed by atoms with Crippen LogP contribution in [0.4, 0.5) is 5.82 Å². The third-order valence-corrected chi connectivity index (χ3v) is 1.92. The van der Waals surface area contributed by atoms with E-state index in [2.05, 4.69) is 4.98 Å². The van der Waals surface area contributed by atoms with Gasteiger partial charge in [-0.15, -0.1) is 0 Å². The molecule has 1 saturated heterocycles. The fourth-order valence-electron chi connectivity index (χ4n) is 1.09. The van der Waals surface area contributed by atoms with Crippen molar-refractivity contribution < 1.29 is 4.74 Å². The summed E-state index contributed by atoms with van der Waals surface area (Å²) in [6.07, 6.45) is 1.82. The summed E-state index contributed by atoms with van der Waals surface area (Å²) >= 11 is 0. The van der Waals surface area contributed by atoms with Gasteiger partial charge in [0.25, 0.3) is 0 Å². The topological polar surface area (TPSA) is 48.1 Å². The molecule has 1 aromatic rings. The molecule has 0 atom stereocenters. The summed E-state index contributed by atoms with van der Waals surface area (Å²) in [4.78, 5) is 4.00. The van der Waals surface area contributed by atoms with E-state index in [-0.39, 0.29) is 0 Å². The average molecular weight is 150 g/mol. The van der Waals surface area contributed by atoms with Gasteiger partial charge in [-0.1, -0.05) is 6.07 Å². The van der Waals surface area contributed by atoms with Crippen LogP contribution in [-0.2, 0) is 4.74 Å². The fourth-order valence-corrected chi connectivity index (χ4v) is 1.09. The van der Waals surface area contributed by atoms with Crippen molar-refractivity contribution in [2.24, 2.45) is 0 Å². The molecule has 1 aliphatic rings. The molecule has 0 saturated carbocycles. The lowest BCUT2D eigenvalue weighted by Crippen LogP contribution is -2.25. The molecule has 0 radical (unpaired) electrons. The van der Waals surface area contributed by atoms with Crippen molar-refractivity contribution in [2.45, 2.75) is 5.92 Å². The smallest absolute Gasteiger partial charge is 0.123 e. The van der Waals surface area contributed by atoms with E-state index in [0.29, 0.717) is 11.7 Å². The Morgan fingerprint density at radius 3 is 2.73 bits per heavy atom. The lowest BCUT2D eigenvalue weighted by Gasteiger charge is -2.25. The van der Waals surface area contributed by atoms with Crippen molar-refractivity contribution in [1.29, 1.82) is 0 Å². The van der Waals surface area contributed by atoms with Gasteiger partial charge in [0.2, 0.25) is 0 Å². The van der Waals surface area contributed by atoms with Crippen molar-refractivity contribution >= 4 is 5.82 Å². The quantitative estimate of drug-likeness (QED) is 0.643. The average Bonchev–Trinajstić information content (AvgIpc) is 1.90. The van der Waals surface area contributed by atoms with Gasteiger partial charge in [-0.25, -0.2) is 4.98 Å². The number of nitrogens with two attached hydrogens (primary N) is 1. The maximum atomic E-state index is 5.44. The number of nitrogen functional groups attached to an aromatic ring is 1. The van der Waals surface area contributed by atoms with Gasteiger partial charge in [0.15, 0.2) is 0 Å². The van der Waals surface area contributed by atoms with Gasteiger partial charge in [-0.3, -0.25) is 0 Å². The third-order valence-electron chi connectivity index (χ3n) is 1.92. The second-order valence-electron chi connectivity index (χ2n) is 2.75. The number of ether oxygens (including phenoxy) is 1. The summed E-state index contributed by atoms with van der Waals surface area (Å²) in [6, 6.07) is 3.84. The SMILES string of the molecule is Nc1ccc(C2COC2)cn1. The Bertz CT molecular complexity index is 241. The molecule has 0 aromatic carbocycles. The molecular weight excluding hydrogens is 140 g/mol. The van der Waals surface area contributed by atoms with Crippen molar-refractivity contribution in [3.05, 3.63) is 23.9 Å². The monoisotopic (exact) mass is 150 g/mol. The van der Waals surface area contributed by atoms with Crippen LogP contribution in [0.5, 0.6) is 0 Å². The van der Waals surface area contributed by atoms with Crippen LogP contribution in [0.3, 0.4) is 0 Å². The number of aromatic nitrogens is 1. The zero-order chi connectivity index (χ0) is 7.68. The Morgan fingerprint density at radius 2 is 2.27 bits per heavy atom. The number of rotatable bonds is 1. The summed E-state index contributed by atoms with van der Waals surface area (Å²) in [5.41, 5.74) is 6.67. The minimum absolute atomic E-state index is 0.545. The van der Waals surface area contributed by atoms with Gasteiger partial charge in [0.1, 0.15) is 5.82 Å². The molecular formula is C8H10N2O. The molecule has 0 spiro atoms. The Hall–Kier alpha value is -1.09. The van der Waals surface area contributed by atoms with Crippen LogP contribution < -0.4 is 5.73 Å². The van der Waals surface area contributed by atoms with Crippen LogP contribution in [0.15, 0.2) is 18.3 Å². The van der Waals surface area contributed by atoms with Gasteiger partial charge in [-0.2, -0.15) is 0 Å². The summed E-state index contributed by atoms with van der Waals surface area (Å²) in [5.74, 6) is 1.12. The zero-order valence-electron chi connectivity index (χ0n) is 6.16. The van der Waals surface area contributed by atoms with Gasteiger partial charge < -0.3 is 10.5 Å². The lowest BCUT2D eigenvalue weighted by atomic mass is 10.00. The van der Waals surface area contributed by atoms with Crippen LogP contribution in [0.25, 0.3) is 0 Å². The molecule has 58 valence electrons. The molecule has 2 rings (SSSR count). The van der Waals surface area contributed by atoms with E-state index >= 15 is 0 Å². The Balaban J connectivity index is 2.18. The zero-order valence-corrected chi connectivity index (χ0v) is 6.16. The van der Waals surface area contributed by atoms with E-state index in [1.807, 2.05) is 18.3 Å². The molecule has 0 bridgehead atoms. The van der Waals surface area contributed by atoms with Crippen molar-refractivity contribution in [3.8, 4) is 0 Å². The Morgan fingerprint density at radius 1 is 1.45 bits per heavy atom. The first-order valence-corrected chi connectivity index (χ1v) is 3.65. The van der Waals surface area contributed by atoms with E-state index < -0.39 is 0 Å². The van der Waals surface area contributed by atoms with Crippen LogP contribution in [0.1, 0.15) is 11.5 Å². The highest BCUT2D eigenvalue weighted by Crippen LogP contribution is 2.23. The van der Waals surface area contributed by atoms with E-state index in [1.54, 1.807) is 0 Å². The fraction of sp³-hybridized carbons (Fsp3) is 0.375. The highest BCUT2D eigenvalue weighted by molar-refractivity contribution is 5.31. The molecule has 1 aromatic heterocycles. The number of nitrogens with zero attached hydrogens (tertiary/aromatic N) is 1. The number of hydrogen-bond donors (Lipinski definition) is 1. The van der Waals surface area contributed by atoms with Crippen LogP contribution in [0, 0.1) is 0 Å². The van der Waals surface area contributed by atoms with Crippen LogP contribution in [-0.4, -0.2) is 18.2 Å². The molecule has 0 unspecified atom stereocenters. The standard InChI is InChI=1S/C8H10N2O/c9-8-2-1-6(3-10-8)7-4-11-5-7/h1-3,7H,4-5H2,(H2,9,10). The second-order valence-corrected chi connectivity index (χ2v) is 2.75. The second kappa shape index (κ2) is 2.51. The third kappa shape index (κ3) is 1.19. The predicted octanol–water partition coefficient (Wildman–Crippen LogP) is 0.778. The molecule has 3 heteroatoms.